The predicted molar refractivity (Wildman–Crippen MR) is 128 cm³/mol. The van der Waals surface area contributed by atoms with Crippen molar-refractivity contribution in [3.63, 3.8) is 0 Å². The number of para-hydroxylation sites is 1. The number of hydrogen-bond acceptors (Lipinski definition) is 5. The first-order chi connectivity index (χ1) is 14.9. The quantitative estimate of drug-likeness (QED) is 0.315. The number of benzene rings is 2. The van der Waals surface area contributed by atoms with Crippen LogP contribution in [0.25, 0.3) is 16.6 Å². The summed E-state index contributed by atoms with van der Waals surface area (Å²) in [5, 5.41) is 3.77. The molecule has 4 aromatic rings. The molecule has 2 aromatic carbocycles. The van der Waals surface area contributed by atoms with E-state index in [2.05, 4.69) is 26.2 Å². The van der Waals surface area contributed by atoms with Gasteiger partial charge >= 0.3 is 0 Å². The summed E-state index contributed by atoms with van der Waals surface area (Å²) in [6.07, 6.45) is 1.62. The van der Waals surface area contributed by atoms with Crippen LogP contribution in [0.1, 0.15) is 11.1 Å². The highest BCUT2D eigenvalue weighted by atomic mass is 79.9. The van der Waals surface area contributed by atoms with Crippen LogP contribution in [0.2, 0.25) is 0 Å². The number of nitrogens with zero attached hydrogens (tertiary/aromatic N) is 3. The molecule has 31 heavy (non-hydrogen) atoms. The van der Waals surface area contributed by atoms with Gasteiger partial charge in [0, 0.05) is 10.7 Å². The first kappa shape index (κ1) is 21.3. The van der Waals surface area contributed by atoms with Crippen molar-refractivity contribution < 1.29 is 4.79 Å². The van der Waals surface area contributed by atoms with Crippen molar-refractivity contribution in [1.82, 2.24) is 14.5 Å². The van der Waals surface area contributed by atoms with Crippen LogP contribution in [0.5, 0.6) is 0 Å². The van der Waals surface area contributed by atoms with Gasteiger partial charge in [0.25, 0.3) is 5.56 Å². The van der Waals surface area contributed by atoms with Crippen LogP contribution >= 0.6 is 27.7 Å². The molecule has 0 saturated heterocycles. The molecule has 1 amide bonds. The summed E-state index contributed by atoms with van der Waals surface area (Å²) in [6, 6.07) is 16.7. The minimum Gasteiger partial charge on any atom is -0.310 e. The number of carbonyl (C=O) groups is 1. The van der Waals surface area contributed by atoms with Gasteiger partial charge in [-0.15, -0.1) is 0 Å². The molecule has 0 bridgehead atoms. The van der Waals surface area contributed by atoms with E-state index in [0.29, 0.717) is 21.9 Å². The number of thioether (sulfide) groups is 1. The van der Waals surface area contributed by atoms with Gasteiger partial charge in [-0.1, -0.05) is 36.0 Å². The highest BCUT2D eigenvalue weighted by Crippen LogP contribution is 2.24. The molecule has 0 atom stereocenters. The van der Waals surface area contributed by atoms with Crippen LogP contribution in [0, 0.1) is 13.8 Å². The van der Waals surface area contributed by atoms with Crippen molar-refractivity contribution in [2.45, 2.75) is 19.0 Å². The number of carbonyl (C=O) groups excluding carboxylic acids is 1. The van der Waals surface area contributed by atoms with E-state index >= 15 is 0 Å². The Labute approximate surface area is 191 Å². The van der Waals surface area contributed by atoms with Crippen molar-refractivity contribution in [1.29, 1.82) is 0 Å². The van der Waals surface area contributed by atoms with Gasteiger partial charge in [0.05, 0.1) is 22.3 Å². The minimum absolute atomic E-state index is 0.0907. The zero-order valence-electron chi connectivity index (χ0n) is 16.9. The molecular formula is C23H19BrN4O2S. The van der Waals surface area contributed by atoms with Crippen molar-refractivity contribution in [3.8, 4) is 5.69 Å². The summed E-state index contributed by atoms with van der Waals surface area (Å²) in [5.41, 5.74) is 3.20. The molecule has 0 aliphatic carbocycles. The number of pyridine rings is 1. The molecule has 0 aliphatic rings. The minimum atomic E-state index is -0.227. The second kappa shape index (κ2) is 9.03. The summed E-state index contributed by atoms with van der Waals surface area (Å²) >= 11 is 4.54. The Morgan fingerprint density at radius 2 is 1.94 bits per heavy atom. The first-order valence-electron chi connectivity index (χ1n) is 9.56. The number of fused-ring (bicyclic) bond motifs is 1. The molecule has 4 rings (SSSR count). The van der Waals surface area contributed by atoms with Gasteiger partial charge in [0.1, 0.15) is 5.82 Å². The van der Waals surface area contributed by atoms with Gasteiger partial charge in [0.2, 0.25) is 5.91 Å². The first-order valence-corrected chi connectivity index (χ1v) is 11.3. The Balaban J connectivity index is 1.70. The molecule has 6 nitrogen and oxygen atoms in total. The highest BCUT2D eigenvalue weighted by Gasteiger charge is 2.16. The molecule has 0 radical (unpaired) electrons. The maximum atomic E-state index is 13.4. The molecule has 0 fully saturated rings. The standard InChI is InChI=1S/C23H19BrN4O2S/c1-14-7-8-15(2)19(11-14)28-22(30)17-5-3-4-6-18(17)26-23(28)31-13-21(29)27-20-10-9-16(24)12-25-20/h3-12H,13H2,1-2H3,(H,25,27,29). The van der Waals surface area contributed by atoms with E-state index in [1.54, 1.807) is 35.0 Å². The highest BCUT2D eigenvalue weighted by molar-refractivity contribution is 9.10. The third kappa shape index (κ3) is 4.70. The van der Waals surface area contributed by atoms with E-state index in [4.69, 9.17) is 4.98 Å². The predicted octanol–water partition coefficient (Wildman–Crippen LogP) is 4.89. The topological polar surface area (TPSA) is 76.9 Å². The van der Waals surface area contributed by atoms with E-state index in [-0.39, 0.29) is 17.2 Å². The van der Waals surface area contributed by atoms with E-state index in [9.17, 15) is 9.59 Å². The average molecular weight is 495 g/mol. The lowest BCUT2D eigenvalue weighted by Crippen LogP contribution is -2.23. The van der Waals surface area contributed by atoms with Gasteiger partial charge in [-0.3, -0.25) is 14.2 Å². The smallest absolute Gasteiger partial charge is 0.266 e. The van der Waals surface area contributed by atoms with Crippen LogP contribution in [0.4, 0.5) is 5.82 Å². The van der Waals surface area contributed by atoms with Gasteiger partial charge in [0.15, 0.2) is 5.16 Å². The van der Waals surface area contributed by atoms with Gasteiger partial charge < -0.3 is 5.32 Å². The summed E-state index contributed by atoms with van der Waals surface area (Å²) in [6.45, 7) is 3.94. The summed E-state index contributed by atoms with van der Waals surface area (Å²) in [5.74, 6) is 0.329. The summed E-state index contributed by atoms with van der Waals surface area (Å²) in [4.78, 5) is 34.7. The molecule has 1 N–H and O–H groups in total. The fourth-order valence-electron chi connectivity index (χ4n) is 3.14. The van der Waals surface area contributed by atoms with Gasteiger partial charge in [-0.2, -0.15) is 0 Å². The van der Waals surface area contributed by atoms with Crippen LogP contribution in [-0.4, -0.2) is 26.2 Å². The molecular weight excluding hydrogens is 476 g/mol. The Morgan fingerprint density at radius 1 is 1.13 bits per heavy atom. The largest absolute Gasteiger partial charge is 0.310 e. The number of rotatable bonds is 5. The number of amides is 1. The van der Waals surface area contributed by atoms with E-state index in [1.165, 1.54) is 11.8 Å². The van der Waals surface area contributed by atoms with Crippen LogP contribution < -0.4 is 10.9 Å². The van der Waals surface area contributed by atoms with Gasteiger partial charge in [-0.25, -0.2) is 9.97 Å². The summed E-state index contributed by atoms with van der Waals surface area (Å²) < 4.78 is 2.43. The fraction of sp³-hybridized carbons (Fsp3) is 0.130. The zero-order valence-corrected chi connectivity index (χ0v) is 19.3. The normalized spacial score (nSPS) is 10.9. The molecule has 8 heteroatoms. The lowest BCUT2D eigenvalue weighted by Gasteiger charge is -2.15. The van der Waals surface area contributed by atoms with Gasteiger partial charge in [-0.05, 0) is 71.2 Å². The number of aromatic nitrogens is 3. The monoisotopic (exact) mass is 494 g/mol. The second-order valence-electron chi connectivity index (χ2n) is 7.04. The van der Waals surface area contributed by atoms with Crippen LogP contribution in [0.3, 0.4) is 0 Å². The van der Waals surface area contributed by atoms with Crippen LogP contribution in [0.15, 0.2) is 75.2 Å². The Bertz CT molecular complexity index is 1340. The third-order valence-electron chi connectivity index (χ3n) is 4.68. The van der Waals surface area contributed by atoms with Crippen LogP contribution in [-0.2, 0) is 4.79 Å². The van der Waals surface area contributed by atoms with Crippen molar-refractivity contribution in [2.75, 3.05) is 11.1 Å². The molecule has 0 saturated carbocycles. The number of nitrogens with one attached hydrogen (secondary N) is 1. The zero-order chi connectivity index (χ0) is 22.0. The van der Waals surface area contributed by atoms with Crippen molar-refractivity contribution >= 4 is 50.3 Å². The molecule has 2 heterocycles. The fourth-order valence-corrected chi connectivity index (χ4v) is 4.18. The maximum Gasteiger partial charge on any atom is 0.266 e. The molecule has 156 valence electrons. The average Bonchev–Trinajstić information content (AvgIpc) is 2.76. The molecule has 0 spiro atoms. The number of halogens is 1. The van der Waals surface area contributed by atoms with E-state index < -0.39 is 0 Å². The van der Waals surface area contributed by atoms with Crippen molar-refractivity contribution in [3.05, 3.63) is 86.7 Å². The third-order valence-corrected chi connectivity index (χ3v) is 6.09. The Hall–Kier alpha value is -2.97. The molecule has 2 aromatic heterocycles. The lowest BCUT2D eigenvalue weighted by atomic mass is 10.1. The van der Waals surface area contributed by atoms with Crippen molar-refractivity contribution in [2.24, 2.45) is 0 Å². The van der Waals surface area contributed by atoms with E-state index in [1.807, 2.05) is 44.2 Å². The SMILES string of the molecule is Cc1ccc(C)c(-n2c(SCC(=O)Nc3ccc(Br)cn3)nc3ccccc3c2=O)c1. The number of aryl methyl sites for hydroxylation is 2. The molecule has 0 unspecified atom stereocenters. The maximum absolute atomic E-state index is 13.4. The molecule has 0 aliphatic heterocycles. The Morgan fingerprint density at radius 3 is 2.71 bits per heavy atom. The van der Waals surface area contributed by atoms with E-state index in [0.717, 1.165) is 21.3 Å². The summed E-state index contributed by atoms with van der Waals surface area (Å²) in [7, 11) is 0. The number of hydrogen-bond donors (Lipinski definition) is 1. The number of anilines is 1. The Kier molecular flexibility index (Phi) is 6.20. The lowest BCUT2D eigenvalue weighted by molar-refractivity contribution is -0.113. The second-order valence-corrected chi connectivity index (χ2v) is 8.90.